The Kier molecular flexibility index (Phi) is 7.66. The number of anilines is 1. The van der Waals surface area contributed by atoms with Crippen LogP contribution in [0.4, 0.5) is 5.82 Å². The number of aromatic nitrogens is 6. The first-order chi connectivity index (χ1) is 18.3. The van der Waals surface area contributed by atoms with Crippen LogP contribution >= 0.6 is 0 Å². The van der Waals surface area contributed by atoms with Crippen LogP contribution < -0.4 is 15.8 Å². The van der Waals surface area contributed by atoms with E-state index in [0.717, 1.165) is 54.6 Å². The third kappa shape index (κ3) is 5.44. The monoisotopic (exact) mass is 498 g/mol. The number of nitrogen functional groups attached to an aromatic ring is 1. The van der Waals surface area contributed by atoms with Crippen molar-refractivity contribution in [1.29, 1.82) is 0 Å². The smallest absolute Gasteiger partial charge is 0.199 e. The number of nitrogens with zero attached hydrogens (tertiary/aromatic N) is 6. The van der Waals surface area contributed by atoms with E-state index in [9.17, 15) is 0 Å². The predicted molar refractivity (Wildman–Crippen MR) is 142 cm³/mol. The maximum atomic E-state index is 6.24. The van der Waals surface area contributed by atoms with Gasteiger partial charge in [0, 0.05) is 24.5 Å². The second kappa shape index (κ2) is 11.6. The SMILES string of the molecule is CCn1c(-c2nonc2N)nc2c(-c3ccccc3)ncc(OCCCCNCCc3ccncc3)c21. The van der Waals surface area contributed by atoms with Crippen LogP contribution in [-0.2, 0) is 13.0 Å². The van der Waals surface area contributed by atoms with E-state index in [2.05, 4.69) is 20.6 Å². The summed E-state index contributed by atoms with van der Waals surface area (Å²) in [6.07, 6.45) is 8.35. The highest BCUT2D eigenvalue weighted by molar-refractivity contribution is 5.95. The van der Waals surface area contributed by atoms with Crippen molar-refractivity contribution in [2.45, 2.75) is 32.7 Å². The fourth-order valence-corrected chi connectivity index (χ4v) is 4.31. The molecule has 0 saturated carbocycles. The van der Waals surface area contributed by atoms with Gasteiger partial charge < -0.3 is 20.4 Å². The van der Waals surface area contributed by atoms with E-state index in [-0.39, 0.29) is 5.82 Å². The lowest BCUT2D eigenvalue weighted by Crippen LogP contribution is -2.19. The molecule has 3 N–H and O–H groups in total. The average molecular weight is 499 g/mol. The Morgan fingerprint density at radius 3 is 2.59 bits per heavy atom. The molecule has 4 aromatic heterocycles. The zero-order valence-electron chi connectivity index (χ0n) is 20.8. The molecule has 190 valence electrons. The molecule has 0 atom stereocenters. The highest BCUT2D eigenvalue weighted by Crippen LogP contribution is 2.36. The molecule has 0 unspecified atom stereocenters. The van der Waals surface area contributed by atoms with E-state index in [1.165, 1.54) is 5.56 Å². The number of nitrogens with two attached hydrogens (primary N) is 1. The molecule has 0 aliphatic carbocycles. The lowest BCUT2D eigenvalue weighted by atomic mass is 10.1. The minimum atomic E-state index is 0.193. The average Bonchev–Trinajstić information content (AvgIpc) is 3.54. The van der Waals surface area contributed by atoms with Crippen LogP contribution in [0.5, 0.6) is 5.75 Å². The molecule has 37 heavy (non-hydrogen) atoms. The van der Waals surface area contributed by atoms with Crippen molar-refractivity contribution in [3.05, 3.63) is 66.6 Å². The first kappa shape index (κ1) is 24.4. The molecule has 0 aliphatic rings. The summed E-state index contributed by atoms with van der Waals surface area (Å²) in [7, 11) is 0. The molecule has 0 saturated heterocycles. The first-order valence-corrected chi connectivity index (χ1v) is 12.5. The molecule has 0 aliphatic heterocycles. The first-order valence-electron chi connectivity index (χ1n) is 12.5. The quantitative estimate of drug-likeness (QED) is 0.244. The Morgan fingerprint density at radius 2 is 1.84 bits per heavy atom. The topological polar surface area (TPSA) is 130 Å². The number of hydrogen-bond donors (Lipinski definition) is 2. The molecule has 5 rings (SSSR count). The molecule has 4 heterocycles. The largest absolute Gasteiger partial charge is 0.490 e. The highest BCUT2D eigenvalue weighted by atomic mass is 16.6. The van der Waals surface area contributed by atoms with Gasteiger partial charge in [0.1, 0.15) is 11.0 Å². The summed E-state index contributed by atoms with van der Waals surface area (Å²) >= 11 is 0. The van der Waals surface area contributed by atoms with Gasteiger partial charge in [-0.05, 0) is 67.3 Å². The molecule has 10 nitrogen and oxygen atoms in total. The molecule has 1 aromatic carbocycles. The number of unbranched alkanes of at least 4 members (excludes halogenated alkanes) is 1. The maximum Gasteiger partial charge on any atom is 0.199 e. The highest BCUT2D eigenvalue weighted by Gasteiger charge is 2.23. The fraction of sp³-hybridized carbons (Fsp3) is 0.296. The number of fused-ring (bicyclic) bond motifs is 1. The standard InChI is InChI=1S/C27H30N8O2/c1-2-35-25-21(36-17-7-6-13-29-14-10-19-11-15-30-16-12-19)18-31-22(20-8-4-3-5-9-20)23(25)32-27(35)24-26(28)34-37-33-24/h3-5,8-9,11-12,15-16,18,29H,2,6-7,10,13-14,17H2,1H3,(H2,28,34). The summed E-state index contributed by atoms with van der Waals surface area (Å²) in [4.78, 5) is 13.7. The van der Waals surface area contributed by atoms with Gasteiger partial charge >= 0.3 is 0 Å². The van der Waals surface area contributed by atoms with Gasteiger partial charge in [-0.3, -0.25) is 4.98 Å². The van der Waals surface area contributed by atoms with Gasteiger partial charge in [0.25, 0.3) is 0 Å². The Hall–Kier alpha value is -4.31. The van der Waals surface area contributed by atoms with E-state index in [1.54, 1.807) is 6.20 Å². The second-order valence-electron chi connectivity index (χ2n) is 8.62. The predicted octanol–water partition coefficient (Wildman–Crippen LogP) is 4.14. The summed E-state index contributed by atoms with van der Waals surface area (Å²) in [6, 6.07) is 14.1. The lowest BCUT2D eigenvalue weighted by molar-refractivity contribution is 0.307. The molecule has 0 amide bonds. The van der Waals surface area contributed by atoms with E-state index < -0.39 is 0 Å². The summed E-state index contributed by atoms with van der Waals surface area (Å²) in [5, 5.41) is 11.2. The van der Waals surface area contributed by atoms with Crippen molar-refractivity contribution in [3.8, 4) is 28.5 Å². The third-order valence-corrected chi connectivity index (χ3v) is 6.17. The Bertz CT molecular complexity index is 1430. The number of ether oxygens (including phenoxy) is 1. The van der Waals surface area contributed by atoms with Gasteiger partial charge in [-0.25, -0.2) is 14.6 Å². The van der Waals surface area contributed by atoms with Gasteiger partial charge in [0.15, 0.2) is 23.1 Å². The summed E-state index contributed by atoms with van der Waals surface area (Å²) in [5.41, 5.74) is 11.0. The van der Waals surface area contributed by atoms with E-state index in [1.807, 2.05) is 66.3 Å². The number of hydrogen-bond acceptors (Lipinski definition) is 9. The summed E-state index contributed by atoms with van der Waals surface area (Å²) < 4.78 is 13.1. The van der Waals surface area contributed by atoms with Crippen LogP contribution in [-0.4, -0.2) is 49.5 Å². The zero-order chi connectivity index (χ0) is 25.5. The van der Waals surface area contributed by atoms with Crippen molar-refractivity contribution >= 4 is 16.9 Å². The van der Waals surface area contributed by atoms with Crippen LogP contribution in [0.3, 0.4) is 0 Å². The number of nitrogens with one attached hydrogen (secondary N) is 1. The Balaban J connectivity index is 1.30. The number of pyridine rings is 2. The van der Waals surface area contributed by atoms with Crippen molar-refractivity contribution in [2.75, 3.05) is 25.4 Å². The molecule has 0 bridgehead atoms. The van der Waals surface area contributed by atoms with Crippen molar-refractivity contribution in [1.82, 2.24) is 35.1 Å². The van der Waals surface area contributed by atoms with E-state index >= 15 is 0 Å². The van der Waals surface area contributed by atoms with Crippen molar-refractivity contribution in [2.24, 2.45) is 0 Å². The number of rotatable bonds is 12. The minimum absolute atomic E-state index is 0.193. The third-order valence-electron chi connectivity index (χ3n) is 6.17. The van der Waals surface area contributed by atoms with Gasteiger partial charge in [-0.15, -0.1) is 0 Å². The van der Waals surface area contributed by atoms with Crippen molar-refractivity contribution in [3.63, 3.8) is 0 Å². The van der Waals surface area contributed by atoms with Crippen molar-refractivity contribution < 1.29 is 9.37 Å². The molecule has 5 aromatic rings. The van der Waals surface area contributed by atoms with Gasteiger partial charge in [-0.2, -0.15) is 0 Å². The van der Waals surface area contributed by atoms with Crippen LogP contribution in [0.1, 0.15) is 25.3 Å². The number of imidazole rings is 1. The Morgan fingerprint density at radius 1 is 1.00 bits per heavy atom. The molecule has 0 fully saturated rings. The number of benzene rings is 1. The van der Waals surface area contributed by atoms with Crippen LogP contribution in [0, 0.1) is 0 Å². The van der Waals surface area contributed by atoms with Crippen LogP contribution in [0.2, 0.25) is 0 Å². The molecular weight excluding hydrogens is 468 g/mol. The summed E-state index contributed by atoms with van der Waals surface area (Å²) in [5.74, 6) is 1.44. The minimum Gasteiger partial charge on any atom is -0.490 e. The van der Waals surface area contributed by atoms with Gasteiger partial charge in [-0.1, -0.05) is 30.3 Å². The second-order valence-corrected chi connectivity index (χ2v) is 8.62. The lowest BCUT2D eigenvalue weighted by Gasteiger charge is -2.12. The fourth-order valence-electron chi connectivity index (χ4n) is 4.31. The van der Waals surface area contributed by atoms with E-state index in [0.29, 0.717) is 30.4 Å². The number of aryl methyl sites for hydroxylation is 1. The molecule has 0 radical (unpaired) electrons. The van der Waals surface area contributed by atoms with Crippen LogP contribution in [0.25, 0.3) is 33.8 Å². The Labute approximate surface area is 214 Å². The maximum absolute atomic E-state index is 6.24. The molecule has 10 heteroatoms. The summed E-state index contributed by atoms with van der Waals surface area (Å²) in [6.45, 7) is 5.12. The van der Waals surface area contributed by atoms with Crippen LogP contribution in [0.15, 0.2) is 65.7 Å². The molecular formula is C27H30N8O2. The van der Waals surface area contributed by atoms with E-state index in [4.69, 9.17) is 25.1 Å². The van der Waals surface area contributed by atoms with Gasteiger partial charge in [0.05, 0.1) is 18.5 Å². The zero-order valence-corrected chi connectivity index (χ0v) is 20.8. The normalized spacial score (nSPS) is 11.3. The van der Waals surface area contributed by atoms with Gasteiger partial charge in [0.2, 0.25) is 0 Å². The molecule has 0 spiro atoms.